The monoisotopic (exact) mass is 418 g/mol. The summed E-state index contributed by atoms with van der Waals surface area (Å²) in [6.45, 7) is 1.47. The first-order valence-corrected chi connectivity index (χ1v) is 10.1. The zero-order valence-electron chi connectivity index (χ0n) is 17.5. The van der Waals surface area contributed by atoms with E-state index in [1.165, 1.54) is 5.56 Å². The van der Waals surface area contributed by atoms with Crippen LogP contribution in [0.4, 0.5) is 5.69 Å². The number of nitrogens with one attached hydrogen (secondary N) is 2. The van der Waals surface area contributed by atoms with Gasteiger partial charge in [-0.15, -0.1) is 0 Å². The first-order valence-electron chi connectivity index (χ1n) is 10.1. The van der Waals surface area contributed by atoms with E-state index < -0.39 is 0 Å². The van der Waals surface area contributed by atoms with Gasteiger partial charge < -0.3 is 20.1 Å². The first kappa shape index (κ1) is 22.1. The fourth-order valence-corrected chi connectivity index (χ4v) is 2.91. The van der Waals surface area contributed by atoms with Gasteiger partial charge in [-0.2, -0.15) is 0 Å². The highest BCUT2D eigenvalue weighted by molar-refractivity contribution is 6.04. The Balaban J connectivity index is 1.48. The van der Waals surface area contributed by atoms with Gasteiger partial charge in [-0.1, -0.05) is 30.3 Å². The minimum Gasteiger partial charge on any atom is -0.493 e. The highest BCUT2D eigenvalue weighted by Gasteiger charge is 2.08. The Hall–Kier alpha value is -3.64. The predicted molar refractivity (Wildman–Crippen MR) is 121 cm³/mol. The number of ether oxygens (including phenoxy) is 2. The molecule has 6 nitrogen and oxygen atoms in total. The molecular formula is C25H26N2O4. The van der Waals surface area contributed by atoms with E-state index in [0.717, 1.165) is 12.2 Å². The summed E-state index contributed by atoms with van der Waals surface area (Å²) < 4.78 is 10.7. The molecule has 160 valence electrons. The Morgan fingerprint density at radius 3 is 2.10 bits per heavy atom. The van der Waals surface area contributed by atoms with Gasteiger partial charge >= 0.3 is 0 Å². The fraction of sp³-hybridized carbons (Fsp3) is 0.200. The molecule has 6 heteroatoms. The summed E-state index contributed by atoms with van der Waals surface area (Å²) in [6.07, 6.45) is 0.823. The molecule has 0 aliphatic carbocycles. The van der Waals surface area contributed by atoms with Crippen LogP contribution in [0.2, 0.25) is 0 Å². The molecule has 0 bridgehead atoms. The second-order valence-corrected chi connectivity index (χ2v) is 6.89. The minimum absolute atomic E-state index is 0.183. The summed E-state index contributed by atoms with van der Waals surface area (Å²) in [7, 11) is 1.58. The molecule has 0 saturated carbocycles. The number of anilines is 1. The van der Waals surface area contributed by atoms with Gasteiger partial charge in [0.15, 0.2) is 0 Å². The summed E-state index contributed by atoms with van der Waals surface area (Å²) in [4.78, 5) is 24.5. The zero-order valence-corrected chi connectivity index (χ0v) is 17.5. The van der Waals surface area contributed by atoms with Gasteiger partial charge in [-0.25, -0.2) is 0 Å². The van der Waals surface area contributed by atoms with Crippen LogP contribution in [-0.2, 0) is 11.2 Å². The highest BCUT2D eigenvalue weighted by Crippen LogP contribution is 2.15. The van der Waals surface area contributed by atoms with Gasteiger partial charge in [0.2, 0.25) is 0 Å². The number of benzene rings is 3. The minimum atomic E-state index is -0.229. The quantitative estimate of drug-likeness (QED) is 0.489. The zero-order chi connectivity index (χ0) is 21.9. The Morgan fingerprint density at radius 2 is 1.42 bits per heavy atom. The van der Waals surface area contributed by atoms with Crippen molar-refractivity contribution < 1.29 is 19.1 Å². The van der Waals surface area contributed by atoms with Crippen LogP contribution in [0.15, 0.2) is 78.9 Å². The van der Waals surface area contributed by atoms with Crippen molar-refractivity contribution in [3.63, 3.8) is 0 Å². The first-order chi connectivity index (χ1) is 15.2. The number of methoxy groups -OCH3 is 1. The van der Waals surface area contributed by atoms with Crippen LogP contribution in [0.5, 0.6) is 5.75 Å². The van der Waals surface area contributed by atoms with Crippen molar-refractivity contribution in [3.8, 4) is 5.75 Å². The maximum atomic E-state index is 12.5. The summed E-state index contributed by atoms with van der Waals surface area (Å²) in [5.41, 5.74) is 2.88. The lowest BCUT2D eigenvalue weighted by molar-refractivity contribution is 0.0936. The van der Waals surface area contributed by atoms with Crippen molar-refractivity contribution in [1.82, 2.24) is 5.32 Å². The van der Waals surface area contributed by atoms with E-state index in [-0.39, 0.29) is 11.8 Å². The SMILES string of the molecule is COCCNC(=O)c1ccc(NC(=O)c2ccc(OCCc3ccccc3)cc2)cc1. The van der Waals surface area contributed by atoms with Crippen molar-refractivity contribution in [2.45, 2.75) is 6.42 Å². The van der Waals surface area contributed by atoms with Crippen LogP contribution < -0.4 is 15.4 Å². The van der Waals surface area contributed by atoms with Gasteiger partial charge in [0.25, 0.3) is 11.8 Å². The molecular weight excluding hydrogens is 392 g/mol. The van der Waals surface area contributed by atoms with Crippen LogP contribution in [0.1, 0.15) is 26.3 Å². The number of carbonyl (C=O) groups excluding carboxylic acids is 2. The summed E-state index contributed by atoms with van der Waals surface area (Å²) in [5.74, 6) is 0.308. The molecule has 31 heavy (non-hydrogen) atoms. The predicted octanol–water partition coefficient (Wildman–Crippen LogP) is 3.94. The van der Waals surface area contributed by atoms with Crippen molar-refractivity contribution in [1.29, 1.82) is 0 Å². The van der Waals surface area contributed by atoms with E-state index in [1.807, 2.05) is 18.2 Å². The van der Waals surface area contributed by atoms with Crippen molar-refractivity contribution in [2.75, 3.05) is 32.2 Å². The van der Waals surface area contributed by atoms with Gasteiger partial charge in [0, 0.05) is 36.9 Å². The Kier molecular flexibility index (Phi) is 8.20. The molecule has 0 fully saturated rings. The molecule has 0 heterocycles. The Morgan fingerprint density at radius 1 is 0.774 bits per heavy atom. The molecule has 0 radical (unpaired) electrons. The lowest BCUT2D eigenvalue weighted by Gasteiger charge is -2.09. The average molecular weight is 418 g/mol. The number of hydrogen-bond donors (Lipinski definition) is 2. The van der Waals surface area contributed by atoms with E-state index in [9.17, 15) is 9.59 Å². The van der Waals surface area contributed by atoms with Crippen LogP contribution in [0.25, 0.3) is 0 Å². The van der Waals surface area contributed by atoms with Gasteiger partial charge in [0.1, 0.15) is 5.75 Å². The van der Waals surface area contributed by atoms with E-state index >= 15 is 0 Å². The van der Waals surface area contributed by atoms with E-state index in [2.05, 4.69) is 22.8 Å². The normalized spacial score (nSPS) is 10.4. The molecule has 3 rings (SSSR count). The second kappa shape index (κ2) is 11.5. The van der Waals surface area contributed by atoms with Gasteiger partial charge in [-0.05, 0) is 54.1 Å². The molecule has 0 aromatic heterocycles. The molecule has 0 unspecified atom stereocenters. The third kappa shape index (κ3) is 6.97. The van der Waals surface area contributed by atoms with Gasteiger partial charge in [0.05, 0.1) is 13.2 Å². The molecule has 0 aliphatic heterocycles. The van der Waals surface area contributed by atoms with Crippen LogP contribution in [-0.4, -0.2) is 38.7 Å². The van der Waals surface area contributed by atoms with Gasteiger partial charge in [-0.3, -0.25) is 9.59 Å². The second-order valence-electron chi connectivity index (χ2n) is 6.89. The largest absolute Gasteiger partial charge is 0.493 e. The standard InChI is InChI=1S/C25H26N2O4/c1-30-18-16-26-24(28)20-7-11-22(12-8-20)27-25(29)21-9-13-23(14-10-21)31-17-15-19-5-3-2-4-6-19/h2-14H,15-18H2,1H3,(H,26,28)(H,27,29). The molecule has 0 atom stereocenters. The maximum absolute atomic E-state index is 12.5. The van der Waals surface area contributed by atoms with E-state index in [4.69, 9.17) is 9.47 Å². The smallest absolute Gasteiger partial charge is 0.255 e. The Labute approximate surface area is 182 Å². The molecule has 0 spiro atoms. The van der Waals surface area contributed by atoms with Crippen molar-refractivity contribution in [2.24, 2.45) is 0 Å². The topological polar surface area (TPSA) is 76.7 Å². The summed E-state index contributed by atoms with van der Waals surface area (Å²) >= 11 is 0. The molecule has 2 N–H and O–H groups in total. The van der Waals surface area contributed by atoms with Crippen molar-refractivity contribution >= 4 is 17.5 Å². The maximum Gasteiger partial charge on any atom is 0.255 e. The highest BCUT2D eigenvalue weighted by atomic mass is 16.5. The molecule has 3 aromatic carbocycles. The number of amides is 2. The fourth-order valence-electron chi connectivity index (χ4n) is 2.91. The van der Waals surface area contributed by atoms with Crippen LogP contribution in [0, 0.1) is 0 Å². The molecule has 0 saturated heterocycles. The third-order valence-corrected chi connectivity index (χ3v) is 4.62. The van der Waals surface area contributed by atoms with Crippen LogP contribution >= 0.6 is 0 Å². The molecule has 3 aromatic rings. The summed E-state index contributed by atoms with van der Waals surface area (Å²) in [5, 5.41) is 5.58. The number of rotatable bonds is 10. The summed E-state index contributed by atoms with van der Waals surface area (Å²) in [6, 6.07) is 23.9. The molecule has 0 aliphatic rings. The van der Waals surface area contributed by atoms with Crippen molar-refractivity contribution in [3.05, 3.63) is 95.6 Å². The number of carbonyl (C=O) groups is 2. The molecule has 2 amide bonds. The average Bonchev–Trinajstić information content (AvgIpc) is 2.81. The van der Waals surface area contributed by atoms with Crippen LogP contribution in [0.3, 0.4) is 0 Å². The third-order valence-electron chi connectivity index (χ3n) is 4.62. The lowest BCUT2D eigenvalue weighted by atomic mass is 10.1. The van der Waals surface area contributed by atoms with E-state index in [1.54, 1.807) is 55.6 Å². The van der Waals surface area contributed by atoms with E-state index in [0.29, 0.717) is 36.6 Å². The lowest BCUT2D eigenvalue weighted by Crippen LogP contribution is -2.26. The number of hydrogen-bond acceptors (Lipinski definition) is 4. The Bertz CT molecular complexity index is 971.